The SMILES string of the molecule is [NH]C(=O)[C@@H](Cc1ccc(C(=N)N)cc1)C(=O)NCc1ccccc1. The van der Waals surface area contributed by atoms with Crippen molar-refractivity contribution in [3.63, 3.8) is 0 Å². The quantitative estimate of drug-likeness (QED) is 0.404. The maximum Gasteiger partial charge on any atom is 0.251 e. The van der Waals surface area contributed by atoms with Crippen LogP contribution in [0, 0.1) is 11.3 Å². The first-order chi connectivity index (χ1) is 11.5. The first-order valence-electron chi connectivity index (χ1n) is 7.48. The van der Waals surface area contributed by atoms with Crippen molar-refractivity contribution >= 4 is 17.6 Å². The van der Waals surface area contributed by atoms with E-state index in [0.29, 0.717) is 12.1 Å². The van der Waals surface area contributed by atoms with Crippen LogP contribution in [-0.4, -0.2) is 17.6 Å². The molecular formula is C18H19N4O2. The Kier molecular flexibility index (Phi) is 5.68. The number of nitrogen functional groups attached to an aromatic ring is 1. The number of carbonyl (C=O) groups excluding carboxylic acids is 2. The van der Waals surface area contributed by atoms with Crippen LogP contribution in [0.15, 0.2) is 54.6 Å². The Labute approximate surface area is 140 Å². The molecule has 0 bridgehead atoms. The van der Waals surface area contributed by atoms with Gasteiger partial charge in [0.05, 0.1) is 0 Å². The van der Waals surface area contributed by atoms with Gasteiger partial charge in [-0.25, -0.2) is 0 Å². The maximum atomic E-state index is 12.2. The highest BCUT2D eigenvalue weighted by molar-refractivity contribution is 5.99. The van der Waals surface area contributed by atoms with E-state index in [1.54, 1.807) is 24.3 Å². The molecule has 2 rings (SSSR count). The van der Waals surface area contributed by atoms with Gasteiger partial charge in [-0.2, -0.15) is 0 Å². The molecule has 0 heterocycles. The molecule has 0 aromatic heterocycles. The van der Waals surface area contributed by atoms with E-state index in [1.165, 1.54) is 0 Å². The Morgan fingerprint density at radius 3 is 2.17 bits per heavy atom. The molecule has 6 nitrogen and oxygen atoms in total. The lowest BCUT2D eigenvalue weighted by atomic mass is 9.97. The molecule has 0 saturated heterocycles. The van der Waals surface area contributed by atoms with E-state index in [0.717, 1.165) is 11.1 Å². The second-order valence-corrected chi connectivity index (χ2v) is 5.43. The molecular weight excluding hydrogens is 304 g/mol. The molecule has 0 aliphatic heterocycles. The fourth-order valence-corrected chi connectivity index (χ4v) is 2.27. The molecule has 0 spiro atoms. The Morgan fingerprint density at radius 2 is 1.62 bits per heavy atom. The van der Waals surface area contributed by atoms with Crippen molar-refractivity contribution in [3.05, 3.63) is 71.3 Å². The molecule has 123 valence electrons. The Balaban J connectivity index is 2.01. The molecule has 0 fully saturated rings. The lowest BCUT2D eigenvalue weighted by Crippen LogP contribution is -2.36. The van der Waals surface area contributed by atoms with E-state index in [4.69, 9.17) is 16.9 Å². The van der Waals surface area contributed by atoms with Crippen molar-refractivity contribution in [2.24, 2.45) is 11.7 Å². The van der Waals surface area contributed by atoms with E-state index in [1.807, 2.05) is 30.3 Å². The first kappa shape index (κ1) is 17.2. The van der Waals surface area contributed by atoms with Crippen molar-refractivity contribution in [1.29, 1.82) is 5.41 Å². The summed E-state index contributed by atoms with van der Waals surface area (Å²) in [5.41, 5.74) is 15.0. The van der Waals surface area contributed by atoms with Gasteiger partial charge < -0.3 is 11.1 Å². The van der Waals surface area contributed by atoms with Crippen LogP contribution < -0.4 is 16.8 Å². The smallest absolute Gasteiger partial charge is 0.251 e. The molecule has 5 N–H and O–H groups in total. The largest absolute Gasteiger partial charge is 0.384 e. The zero-order chi connectivity index (χ0) is 17.5. The summed E-state index contributed by atoms with van der Waals surface area (Å²) in [5, 5.41) is 10.0. The van der Waals surface area contributed by atoms with Gasteiger partial charge in [0.1, 0.15) is 11.8 Å². The van der Waals surface area contributed by atoms with Crippen LogP contribution in [0.3, 0.4) is 0 Å². The van der Waals surface area contributed by atoms with Crippen LogP contribution >= 0.6 is 0 Å². The highest BCUT2D eigenvalue weighted by Gasteiger charge is 2.25. The number of amidine groups is 1. The maximum absolute atomic E-state index is 12.2. The van der Waals surface area contributed by atoms with Crippen LogP contribution in [0.4, 0.5) is 0 Å². The van der Waals surface area contributed by atoms with Crippen molar-refractivity contribution in [2.75, 3.05) is 0 Å². The number of nitrogens with two attached hydrogens (primary N) is 1. The fraction of sp³-hybridized carbons (Fsp3) is 0.167. The molecule has 1 atom stereocenters. The molecule has 6 heteroatoms. The second kappa shape index (κ2) is 7.92. The standard InChI is InChI=1S/C18H19N4O2/c19-16(20)14-8-6-12(7-9-14)10-15(17(21)23)18(24)22-11-13-4-2-1-3-5-13/h1-9,15,21H,10-11H2,(H3,19,20)(H,22,24)/t15-/m1/s1. The van der Waals surface area contributed by atoms with E-state index in [-0.39, 0.29) is 12.3 Å². The molecule has 0 aliphatic carbocycles. The Morgan fingerprint density at radius 1 is 1.00 bits per heavy atom. The van der Waals surface area contributed by atoms with Crippen LogP contribution in [-0.2, 0) is 22.6 Å². The Hall–Kier alpha value is -3.15. The summed E-state index contributed by atoms with van der Waals surface area (Å²) >= 11 is 0. The van der Waals surface area contributed by atoms with E-state index >= 15 is 0 Å². The van der Waals surface area contributed by atoms with Crippen LogP contribution in [0.25, 0.3) is 0 Å². The number of rotatable bonds is 7. The predicted molar refractivity (Wildman–Crippen MR) is 91.0 cm³/mol. The normalized spacial score (nSPS) is 11.5. The zero-order valence-corrected chi connectivity index (χ0v) is 13.1. The van der Waals surface area contributed by atoms with Crippen molar-refractivity contribution < 1.29 is 9.59 Å². The van der Waals surface area contributed by atoms with Gasteiger partial charge in [-0.05, 0) is 17.5 Å². The zero-order valence-electron chi connectivity index (χ0n) is 13.1. The van der Waals surface area contributed by atoms with Gasteiger partial charge in [0, 0.05) is 12.1 Å². The number of hydrogen-bond donors (Lipinski definition) is 3. The topological polar surface area (TPSA) is 120 Å². The molecule has 2 aromatic rings. The minimum atomic E-state index is -1.06. The highest BCUT2D eigenvalue weighted by Crippen LogP contribution is 2.12. The average Bonchev–Trinajstić information content (AvgIpc) is 2.58. The highest BCUT2D eigenvalue weighted by atomic mass is 16.2. The summed E-state index contributed by atoms with van der Waals surface area (Å²) in [6.45, 7) is 0.312. The van der Waals surface area contributed by atoms with E-state index < -0.39 is 17.7 Å². The van der Waals surface area contributed by atoms with Gasteiger partial charge >= 0.3 is 0 Å². The van der Waals surface area contributed by atoms with Gasteiger partial charge in [-0.3, -0.25) is 20.7 Å². The van der Waals surface area contributed by atoms with Gasteiger partial charge in [0.15, 0.2) is 0 Å². The third kappa shape index (κ3) is 4.67. The van der Waals surface area contributed by atoms with Gasteiger partial charge in [-0.15, -0.1) is 0 Å². The van der Waals surface area contributed by atoms with Gasteiger partial charge in [-0.1, -0.05) is 54.6 Å². The molecule has 2 amide bonds. The number of nitrogens with one attached hydrogen (secondary N) is 3. The lowest BCUT2D eigenvalue weighted by Gasteiger charge is -2.14. The van der Waals surface area contributed by atoms with Crippen molar-refractivity contribution in [3.8, 4) is 0 Å². The van der Waals surface area contributed by atoms with E-state index in [9.17, 15) is 9.59 Å². The number of benzene rings is 2. The van der Waals surface area contributed by atoms with Crippen LogP contribution in [0.2, 0.25) is 0 Å². The third-order valence-electron chi connectivity index (χ3n) is 3.65. The van der Waals surface area contributed by atoms with Gasteiger partial charge in [0.25, 0.3) is 5.91 Å². The lowest BCUT2D eigenvalue weighted by molar-refractivity contribution is -0.133. The summed E-state index contributed by atoms with van der Waals surface area (Å²) in [4.78, 5) is 23.8. The number of hydrogen-bond acceptors (Lipinski definition) is 3. The number of carbonyl (C=O) groups is 2. The molecule has 0 aliphatic rings. The second-order valence-electron chi connectivity index (χ2n) is 5.43. The summed E-state index contributed by atoms with van der Waals surface area (Å²) in [7, 11) is 0. The molecule has 24 heavy (non-hydrogen) atoms. The summed E-state index contributed by atoms with van der Waals surface area (Å²) < 4.78 is 0. The third-order valence-corrected chi connectivity index (χ3v) is 3.65. The van der Waals surface area contributed by atoms with Crippen LogP contribution in [0.1, 0.15) is 16.7 Å². The van der Waals surface area contributed by atoms with Crippen molar-refractivity contribution in [2.45, 2.75) is 13.0 Å². The summed E-state index contributed by atoms with van der Waals surface area (Å²) in [5.74, 6) is -2.49. The summed E-state index contributed by atoms with van der Waals surface area (Å²) in [6, 6.07) is 16.1. The predicted octanol–water partition coefficient (Wildman–Crippen LogP) is 1.26. The molecule has 2 aromatic carbocycles. The van der Waals surface area contributed by atoms with Crippen molar-refractivity contribution in [1.82, 2.24) is 11.1 Å². The van der Waals surface area contributed by atoms with Crippen LogP contribution in [0.5, 0.6) is 0 Å². The minimum absolute atomic E-state index is 0.0460. The fourth-order valence-electron chi connectivity index (χ4n) is 2.27. The average molecular weight is 323 g/mol. The van der Waals surface area contributed by atoms with Gasteiger partial charge in [0.2, 0.25) is 5.91 Å². The first-order valence-corrected chi connectivity index (χ1v) is 7.48. The molecule has 0 unspecified atom stereocenters. The monoisotopic (exact) mass is 323 g/mol. The van der Waals surface area contributed by atoms with E-state index in [2.05, 4.69) is 5.32 Å². The molecule has 1 radical (unpaired) electrons. The number of amides is 2. The Bertz CT molecular complexity index is 726. The minimum Gasteiger partial charge on any atom is -0.384 e. The summed E-state index contributed by atoms with van der Waals surface area (Å²) in [6.07, 6.45) is 0.140. The molecule has 0 saturated carbocycles.